The Morgan fingerprint density at radius 2 is 1.71 bits per heavy atom. The van der Waals surface area contributed by atoms with Crippen LogP contribution in [0.2, 0.25) is 0 Å². The molecule has 4 nitrogen and oxygen atoms in total. The van der Waals surface area contributed by atoms with Crippen molar-refractivity contribution in [3.63, 3.8) is 0 Å². The molecule has 1 aliphatic carbocycles. The second kappa shape index (κ2) is 6.97. The number of rotatable bonds is 3. The lowest BCUT2D eigenvalue weighted by Crippen LogP contribution is -2.56. The Hall–Kier alpha value is -3.62. The molecule has 0 unspecified atom stereocenters. The molecule has 152 valence electrons. The molecule has 0 saturated heterocycles. The molecule has 1 fully saturated rings. The van der Waals surface area contributed by atoms with E-state index in [1.807, 2.05) is 66.7 Å². The zero-order valence-corrected chi connectivity index (χ0v) is 17.1. The fourth-order valence-corrected chi connectivity index (χ4v) is 4.67. The molecule has 0 aliphatic heterocycles. The van der Waals surface area contributed by atoms with E-state index >= 15 is 0 Å². The molecule has 2 N–H and O–H groups in total. The first-order valence-corrected chi connectivity index (χ1v) is 10.2. The van der Waals surface area contributed by atoms with Crippen molar-refractivity contribution >= 4 is 10.9 Å². The molecule has 1 saturated carbocycles. The van der Waals surface area contributed by atoms with E-state index in [2.05, 4.69) is 11.1 Å². The summed E-state index contributed by atoms with van der Waals surface area (Å²) in [6, 6.07) is 23.8. The number of hydrogen-bond donors (Lipinski definition) is 1. The molecular formula is C26H21FN4. The molecule has 0 atom stereocenters. The standard InChI is InChI=1S/C26H21FN4/c1-25(27)15-26(29,16-25)19-9-7-18(8-10-19)24-20(17-5-3-2-4-6-17)13-21-22(31-24)11-12-30-23(21)14-28/h2-13H,15-16,29H2,1H3/t25-,26-. The molecule has 0 spiro atoms. The molecule has 4 aromatic rings. The fraction of sp³-hybridized carbons (Fsp3) is 0.192. The van der Waals surface area contributed by atoms with Gasteiger partial charge in [-0.2, -0.15) is 5.26 Å². The topological polar surface area (TPSA) is 75.6 Å². The van der Waals surface area contributed by atoms with Crippen molar-refractivity contribution in [3.05, 3.63) is 84.2 Å². The minimum atomic E-state index is -1.19. The molecule has 1 aliphatic rings. The molecule has 5 heteroatoms. The van der Waals surface area contributed by atoms with E-state index in [4.69, 9.17) is 10.7 Å². The zero-order valence-electron chi connectivity index (χ0n) is 17.1. The first-order valence-electron chi connectivity index (χ1n) is 10.2. The number of pyridine rings is 2. The van der Waals surface area contributed by atoms with Crippen LogP contribution in [0, 0.1) is 11.3 Å². The number of nitriles is 1. The van der Waals surface area contributed by atoms with E-state index in [0.717, 1.165) is 33.3 Å². The van der Waals surface area contributed by atoms with Crippen LogP contribution in [0.25, 0.3) is 33.3 Å². The predicted octanol–water partition coefficient (Wildman–Crippen LogP) is 5.51. The second-order valence-electron chi connectivity index (χ2n) is 8.59. The lowest BCUT2D eigenvalue weighted by atomic mass is 9.64. The van der Waals surface area contributed by atoms with Gasteiger partial charge >= 0.3 is 0 Å². The van der Waals surface area contributed by atoms with E-state index in [1.165, 1.54) is 0 Å². The highest BCUT2D eigenvalue weighted by molar-refractivity contribution is 5.93. The maximum absolute atomic E-state index is 14.1. The first-order chi connectivity index (χ1) is 14.9. The Bertz CT molecular complexity index is 1310. The van der Waals surface area contributed by atoms with E-state index in [1.54, 1.807) is 13.1 Å². The van der Waals surface area contributed by atoms with Gasteiger partial charge in [0.05, 0.1) is 11.2 Å². The van der Waals surface area contributed by atoms with Crippen LogP contribution in [0.1, 0.15) is 31.0 Å². The van der Waals surface area contributed by atoms with Crippen LogP contribution in [0.4, 0.5) is 4.39 Å². The van der Waals surface area contributed by atoms with E-state index in [9.17, 15) is 9.65 Å². The van der Waals surface area contributed by atoms with Gasteiger partial charge in [-0.25, -0.2) is 14.4 Å². The number of hydrogen-bond acceptors (Lipinski definition) is 4. The molecule has 0 bridgehead atoms. The number of halogens is 1. The van der Waals surface area contributed by atoms with Crippen molar-refractivity contribution in [3.8, 4) is 28.5 Å². The summed E-state index contributed by atoms with van der Waals surface area (Å²) in [7, 11) is 0. The zero-order chi connectivity index (χ0) is 21.6. The van der Waals surface area contributed by atoms with Gasteiger partial charge < -0.3 is 5.73 Å². The third-order valence-electron chi connectivity index (χ3n) is 6.04. The van der Waals surface area contributed by atoms with Crippen molar-refractivity contribution in [1.29, 1.82) is 5.26 Å². The summed E-state index contributed by atoms with van der Waals surface area (Å²) in [6.07, 6.45) is 2.26. The van der Waals surface area contributed by atoms with Crippen molar-refractivity contribution in [1.82, 2.24) is 9.97 Å². The second-order valence-corrected chi connectivity index (χ2v) is 8.59. The number of alkyl halides is 1. The van der Waals surface area contributed by atoms with E-state index < -0.39 is 11.2 Å². The summed E-state index contributed by atoms with van der Waals surface area (Å²) in [5.41, 5.74) is 10.3. The largest absolute Gasteiger partial charge is 0.321 e. The normalized spacial score (nSPS) is 22.6. The van der Waals surface area contributed by atoms with Crippen LogP contribution in [0.3, 0.4) is 0 Å². The quantitative estimate of drug-likeness (QED) is 0.485. The maximum Gasteiger partial charge on any atom is 0.149 e. The molecule has 2 aromatic heterocycles. The van der Waals surface area contributed by atoms with Gasteiger partial charge in [-0.3, -0.25) is 0 Å². The van der Waals surface area contributed by atoms with Crippen LogP contribution in [0.5, 0.6) is 0 Å². The highest BCUT2D eigenvalue weighted by Gasteiger charge is 2.51. The van der Waals surface area contributed by atoms with Crippen molar-refractivity contribution in [2.75, 3.05) is 0 Å². The first kappa shape index (κ1) is 19.3. The molecule has 0 radical (unpaired) electrons. The Balaban J connectivity index is 1.65. The van der Waals surface area contributed by atoms with Crippen LogP contribution in [-0.2, 0) is 5.54 Å². The lowest BCUT2D eigenvalue weighted by Gasteiger charge is -2.48. The maximum atomic E-state index is 14.1. The smallest absolute Gasteiger partial charge is 0.149 e. The average molecular weight is 408 g/mol. The summed E-state index contributed by atoms with van der Waals surface area (Å²) >= 11 is 0. The lowest BCUT2D eigenvalue weighted by molar-refractivity contribution is 0.00133. The number of benzene rings is 2. The van der Waals surface area contributed by atoms with Gasteiger partial charge in [-0.1, -0.05) is 54.6 Å². The minimum absolute atomic E-state index is 0.326. The summed E-state index contributed by atoms with van der Waals surface area (Å²) in [4.78, 5) is 9.08. The third kappa shape index (κ3) is 3.35. The van der Waals surface area contributed by atoms with Gasteiger partial charge in [0.15, 0.2) is 0 Å². The van der Waals surface area contributed by atoms with Crippen molar-refractivity contribution in [2.45, 2.75) is 31.0 Å². The Kier molecular flexibility index (Phi) is 4.35. The van der Waals surface area contributed by atoms with Gasteiger partial charge in [0, 0.05) is 41.1 Å². The van der Waals surface area contributed by atoms with Gasteiger partial charge in [0.1, 0.15) is 17.4 Å². The molecule has 2 heterocycles. The molecule has 0 amide bonds. The number of fused-ring (bicyclic) bond motifs is 1. The van der Waals surface area contributed by atoms with Crippen molar-refractivity contribution < 1.29 is 4.39 Å². The van der Waals surface area contributed by atoms with Gasteiger partial charge in [-0.15, -0.1) is 0 Å². The number of nitrogens with zero attached hydrogens (tertiary/aromatic N) is 3. The number of nitrogens with two attached hydrogens (primary N) is 1. The predicted molar refractivity (Wildman–Crippen MR) is 120 cm³/mol. The SMILES string of the molecule is C[C@]1(F)C[C@@](N)(c2ccc(-c3nc4ccnc(C#N)c4cc3-c3ccccc3)cc2)C1. The van der Waals surface area contributed by atoms with Crippen LogP contribution >= 0.6 is 0 Å². The summed E-state index contributed by atoms with van der Waals surface area (Å²) < 4.78 is 14.1. The highest BCUT2D eigenvalue weighted by Crippen LogP contribution is 2.48. The molecular weight excluding hydrogens is 387 g/mol. The summed E-state index contributed by atoms with van der Waals surface area (Å²) in [6.45, 7) is 1.60. The summed E-state index contributed by atoms with van der Waals surface area (Å²) in [5.74, 6) is 0. The molecule has 5 rings (SSSR count). The van der Waals surface area contributed by atoms with E-state index in [0.29, 0.717) is 24.1 Å². The van der Waals surface area contributed by atoms with E-state index in [-0.39, 0.29) is 0 Å². The Morgan fingerprint density at radius 1 is 1.00 bits per heavy atom. The molecule has 2 aromatic carbocycles. The average Bonchev–Trinajstić information content (AvgIpc) is 2.77. The van der Waals surface area contributed by atoms with Gasteiger partial charge in [0.2, 0.25) is 0 Å². The summed E-state index contributed by atoms with van der Waals surface area (Å²) in [5, 5.41) is 10.2. The van der Waals surface area contributed by atoms with Crippen LogP contribution in [0.15, 0.2) is 72.9 Å². The Morgan fingerprint density at radius 3 is 2.35 bits per heavy atom. The number of aromatic nitrogens is 2. The van der Waals surface area contributed by atoms with Crippen LogP contribution in [-0.4, -0.2) is 15.6 Å². The third-order valence-corrected chi connectivity index (χ3v) is 6.04. The van der Waals surface area contributed by atoms with Crippen LogP contribution < -0.4 is 5.73 Å². The van der Waals surface area contributed by atoms with Gasteiger partial charge in [-0.05, 0) is 30.2 Å². The Labute approximate surface area is 180 Å². The highest BCUT2D eigenvalue weighted by atomic mass is 19.1. The molecule has 31 heavy (non-hydrogen) atoms. The minimum Gasteiger partial charge on any atom is -0.321 e. The van der Waals surface area contributed by atoms with Crippen molar-refractivity contribution in [2.24, 2.45) is 5.73 Å². The monoisotopic (exact) mass is 408 g/mol. The fourth-order valence-electron chi connectivity index (χ4n) is 4.67. The van der Waals surface area contributed by atoms with Gasteiger partial charge in [0.25, 0.3) is 0 Å².